The number of rotatable bonds is 11. The number of primary amides is 2. The van der Waals surface area contributed by atoms with Gasteiger partial charge in [0.05, 0.1) is 37.4 Å². The first-order chi connectivity index (χ1) is 41.9. The lowest BCUT2D eigenvalue weighted by molar-refractivity contribution is -0.134. The van der Waals surface area contributed by atoms with Gasteiger partial charge in [0.2, 0.25) is 11.8 Å². The number of aryl methyl sites for hydroxylation is 1. The number of methoxy groups -OCH3 is 1. The summed E-state index contributed by atoms with van der Waals surface area (Å²) < 4.78 is 11.5. The van der Waals surface area contributed by atoms with Crippen molar-refractivity contribution in [2.75, 3.05) is 20.2 Å². The molecule has 24 nitrogen and oxygen atoms in total. The molecule has 0 aliphatic carbocycles. The molecule has 0 radical (unpaired) electrons. The number of nitrogens with one attached hydrogen (secondary N) is 4. The van der Waals surface area contributed by atoms with Gasteiger partial charge in [-0.1, -0.05) is 49.4 Å². The fourth-order valence-electron chi connectivity index (χ4n) is 9.86. The van der Waals surface area contributed by atoms with Crippen molar-refractivity contribution in [2.24, 2.45) is 17.4 Å². The van der Waals surface area contributed by atoms with E-state index in [1.807, 2.05) is 12.3 Å². The molecule has 2 aliphatic heterocycles. The second-order valence-electron chi connectivity index (χ2n) is 20.0. The van der Waals surface area contributed by atoms with E-state index in [9.17, 15) is 33.9 Å². The van der Waals surface area contributed by atoms with Crippen LogP contribution in [-0.4, -0.2) is 119 Å². The van der Waals surface area contributed by atoms with Gasteiger partial charge in [0, 0.05) is 62.8 Å². The normalized spacial score (nSPS) is 19.3. The van der Waals surface area contributed by atoms with Crippen LogP contribution in [0.3, 0.4) is 0 Å². The topological polar surface area (TPSA) is 352 Å². The zero-order valence-electron chi connectivity index (χ0n) is 46.4. The number of amides is 7. The quantitative estimate of drug-likeness (QED) is 0.0661. The minimum absolute atomic E-state index is 0.00670. The first-order valence-electron chi connectivity index (χ1n) is 26.8. The predicted molar refractivity (Wildman–Crippen MR) is 327 cm³/mol. The number of hydrogen-bond donors (Lipinski definition) is 7. The number of benzene rings is 2. The van der Waals surface area contributed by atoms with Crippen LogP contribution in [0.5, 0.6) is 5.75 Å². The molecule has 2 aliphatic rings. The molecule has 11 rings (SSSR count). The number of alkyl carbamates (subject to hydrolysis) is 1. The van der Waals surface area contributed by atoms with E-state index in [0.29, 0.717) is 70.1 Å². The molecule has 2 aromatic carbocycles. The molecule has 9 heterocycles. The van der Waals surface area contributed by atoms with E-state index in [1.165, 1.54) is 62.2 Å². The van der Waals surface area contributed by atoms with Crippen molar-refractivity contribution in [2.45, 2.75) is 70.0 Å². The van der Waals surface area contributed by atoms with Crippen LogP contribution in [0.2, 0.25) is 0 Å². The molecule has 7 amide bonds. The molecule has 1 fully saturated rings. The van der Waals surface area contributed by atoms with Gasteiger partial charge in [0.25, 0.3) is 23.6 Å². The number of ether oxygens (including phenoxy) is 2. The van der Waals surface area contributed by atoms with E-state index >= 15 is 4.79 Å². The van der Waals surface area contributed by atoms with Crippen LogP contribution in [-0.2, 0) is 20.7 Å². The number of aromatic nitrogens is 7. The van der Waals surface area contributed by atoms with Gasteiger partial charge < -0.3 is 52.2 Å². The Morgan fingerprint density at radius 3 is 2.08 bits per heavy atom. The average Bonchev–Trinajstić information content (AvgIpc) is 2.57. The SMILES string of the molecule is CCNC(=O)O[C@H](c1ccccc1)[C@@H]1NC(=O)c2nc(sc2C)[C@H](CC(N)=O)NC(=O)c2csc(n2)-c2ccc(-c3nc(C(N)=O)cs3)nc2-c2csc(n2)-c2csc(n2)[C@H]2[C@@H](C)[C@@H](O)CN2C(=O)[C@H](Cc2ccc(OC)cc2)NC(=O)c2csc1n2. The monoisotopic (exact) mass is 1280 g/mol. The van der Waals surface area contributed by atoms with Gasteiger partial charge >= 0.3 is 6.09 Å². The minimum atomic E-state index is -1.28. The van der Waals surface area contributed by atoms with Crippen molar-refractivity contribution in [1.82, 2.24) is 61.1 Å². The highest BCUT2D eigenvalue weighted by Crippen LogP contribution is 2.43. The van der Waals surface area contributed by atoms with Crippen LogP contribution in [0.1, 0.15) is 117 Å². The van der Waals surface area contributed by atoms with E-state index in [0.717, 1.165) is 34.0 Å². The summed E-state index contributed by atoms with van der Waals surface area (Å²) in [5.74, 6) is -4.14. The number of carbonyl (C=O) groups is 7. The molecule has 9 N–H and O–H groups in total. The average molecular weight is 1290 g/mol. The Hall–Kier alpha value is -8.78. The van der Waals surface area contributed by atoms with E-state index in [4.69, 9.17) is 45.9 Å². The molecule has 10 bridgehead atoms. The summed E-state index contributed by atoms with van der Waals surface area (Å²) in [6.07, 6.45) is -3.45. The zero-order chi connectivity index (χ0) is 61.2. The van der Waals surface area contributed by atoms with Gasteiger partial charge in [0.1, 0.15) is 87.7 Å². The summed E-state index contributed by atoms with van der Waals surface area (Å²) in [7, 11) is 1.53. The summed E-state index contributed by atoms with van der Waals surface area (Å²) in [4.78, 5) is 133. The van der Waals surface area contributed by atoms with Gasteiger partial charge in [-0.3, -0.25) is 28.8 Å². The van der Waals surface area contributed by atoms with Gasteiger partial charge in [0.15, 0.2) is 6.10 Å². The van der Waals surface area contributed by atoms with Crippen LogP contribution in [0.15, 0.2) is 93.6 Å². The Morgan fingerprint density at radius 2 is 1.36 bits per heavy atom. The zero-order valence-corrected chi connectivity index (χ0v) is 51.3. The first kappa shape index (κ1) is 59.9. The lowest BCUT2D eigenvalue weighted by Gasteiger charge is -2.29. The highest BCUT2D eigenvalue weighted by Gasteiger charge is 2.46. The van der Waals surface area contributed by atoms with Crippen molar-refractivity contribution < 1.29 is 48.1 Å². The maximum atomic E-state index is 15.3. The number of aliphatic hydroxyl groups excluding tert-OH is 1. The van der Waals surface area contributed by atoms with E-state index in [2.05, 4.69) is 31.2 Å². The van der Waals surface area contributed by atoms with Crippen molar-refractivity contribution in [1.29, 1.82) is 0 Å². The molecular formula is C57H52N14O10S6. The maximum Gasteiger partial charge on any atom is 0.407 e. The highest BCUT2D eigenvalue weighted by molar-refractivity contribution is 7.15. The minimum Gasteiger partial charge on any atom is -0.497 e. The van der Waals surface area contributed by atoms with E-state index in [-0.39, 0.29) is 52.3 Å². The third kappa shape index (κ3) is 12.9. The third-order valence-corrected chi connectivity index (χ3v) is 19.8. The summed E-state index contributed by atoms with van der Waals surface area (Å²) in [5.41, 5.74) is 14.4. The number of pyridine rings is 1. The second-order valence-corrected chi connectivity index (χ2v) is 25.6. The molecular weight excluding hydrogens is 1230 g/mol. The maximum absolute atomic E-state index is 15.3. The number of thiazole rings is 6. The number of nitrogens with two attached hydrogens (primary N) is 2. The Balaban J connectivity index is 1.03. The molecule has 0 unspecified atom stereocenters. The second kappa shape index (κ2) is 25.7. The first-order valence-corrected chi connectivity index (χ1v) is 32.0. The molecule has 7 atom stereocenters. The van der Waals surface area contributed by atoms with Crippen LogP contribution in [0.4, 0.5) is 4.79 Å². The molecule has 7 aromatic heterocycles. The molecule has 30 heteroatoms. The molecule has 1 saturated heterocycles. The van der Waals surface area contributed by atoms with Gasteiger partial charge in [-0.25, -0.2) is 39.7 Å². The largest absolute Gasteiger partial charge is 0.497 e. The van der Waals surface area contributed by atoms with Gasteiger partial charge in [-0.2, -0.15) is 0 Å². The Morgan fingerprint density at radius 1 is 0.701 bits per heavy atom. The van der Waals surface area contributed by atoms with E-state index < -0.39 is 90.3 Å². The number of nitrogens with zero attached hydrogens (tertiary/aromatic N) is 8. The summed E-state index contributed by atoms with van der Waals surface area (Å²) in [5, 5.41) is 33.1. The lowest BCUT2D eigenvalue weighted by atomic mass is 10.00. The van der Waals surface area contributed by atoms with Crippen LogP contribution in [0, 0.1) is 12.8 Å². The Labute approximate surface area is 519 Å². The molecule has 0 spiro atoms. The van der Waals surface area contributed by atoms with Crippen molar-refractivity contribution in [3.05, 3.63) is 147 Å². The number of carbonyl (C=O) groups excluding carboxylic acids is 7. The smallest absolute Gasteiger partial charge is 0.407 e. The van der Waals surface area contributed by atoms with Crippen molar-refractivity contribution in [3.63, 3.8) is 0 Å². The van der Waals surface area contributed by atoms with Crippen LogP contribution < -0.4 is 37.5 Å². The standard InChI is InChI=1S/C57H52N14O10S6/c1-5-60-57(79)81-45(28-9-7-6-8-10-28)43-54-67-37(23-85-54)48(76)63-33(17-27-11-13-29(80-4)14-12-27)56(78)71-19-39(72)25(2)44(71)55-68-38(24-86-55)52-64-34(20-83-52)42-30(15-16-31(61-42)51-65-35(21-84-51)46(59)74)50-66-36(22-82-50)47(75)62-32(18-40(58)73)53-70-41(26(3)87-53)49(77)69-43/h6-16,20-25,32-33,39,43-45,72H,5,17-19H2,1-4H3,(H2,58,73)(H2,59,74)(H,60,79)(H,62,75)(H,63,76)(H,69,77)/t25-,32-,33-,39-,43-,44+,45+/m0/s1. The summed E-state index contributed by atoms with van der Waals surface area (Å²) in [6.45, 7) is 5.29. The fourth-order valence-corrected chi connectivity index (χ4v) is 15.2. The molecule has 9 aromatic rings. The van der Waals surface area contributed by atoms with Crippen molar-refractivity contribution in [3.8, 4) is 49.1 Å². The van der Waals surface area contributed by atoms with Gasteiger partial charge in [-0.15, -0.1) is 68.0 Å². The van der Waals surface area contributed by atoms with Crippen LogP contribution >= 0.6 is 68.0 Å². The Kier molecular flexibility index (Phi) is 17.7. The van der Waals surface area contributed by atoms with Crippen molar-refractivity contribution >= 4 is 110 Å². The van der Waals surface area contributed by atoms with Gasteiger partial charge in [-0.05, 0) is 49.2 Å². The van der Waals surface area contributed by atoms with E-state index in [1.54, 1.807) is 86.0 Å². The summed E-state index contributed by atoms with van der Waals surface area (Å²) >= 11 is 6.90. The third-order valence-electron chi connectivity index (χ3n) is 14.2. The molecule has 0 saturated carbocycles. The summed E-state index contributed by atoms with van der Waals surface area (Å²) in [6, 6.07) is 14.7. The fraction of sp³-hybridized carbons (Fsp3) is 0.263. The predicted octanol–water partition coefficient (Wildman–Crippen LogP) is 7.44. The molecule has 87 heavy (non-hydrogen) atoms. The number of hydrogen-bond acceptors (Lipinski definition) is 23. The highest BCUT2D eigenvalue weighted by atomic mass is 32.1. The molecule has 446 valence electrons. The number of fused-ring (bicyclic) bond motifs is 16. The van der Waals surface area contributed by atoms with Crippen LogP contribution in [0.25, 0.3) is 43.4 Å². The number of aliphatic hydroxyl groups is 1. The Bertz CT molecular complexity index is 4090. The lowest BCUT2D eigenvalue weighted by Crippen LogP contribution is -2.50.